The minimum atomic E-state index is -0.680. The minimum Gasteiger partial charge on any atom is -0.323 e. The third kappa shape index (κ3) is 9.19. The van der Waals surface area contributed by atoms with Crippen molar-refractivity contribution < 1.29 is 14.4 Å². The standard InChI is InChI=1S/C36H25Cl4N3O3S/c37-24-17-18-30(40)31(19-24)42-36(46)33(22-9-3-1-4-10-22)47-26-14-7-13-25(20-26)41-35(45)32(21-27-28(38)15-8-16-29(27)39)43-34(44)23-11-5-2-6-12-23/h1-21,33H,(H,41,45)(H,42,46)(H,43,44)/b32-21+. The van der Waals surface area contributed by atoms with Crippen molar-refractivity contribution in [3.05, 3.63) is 164 Å². The Labute approximate surface area is 296 Å². The van der Waals surface area contributed by atoms with Crippen molar-refractivity contribution in [2.75, 3.05) is 10.6 Å². The van der Waals surface area contributed by atoms with Crippen LogP contribution in [-0.2, 0) is 9.59 Å². The van der Waals surface area contributed by atoms with Gasteiger partial charge >= 0.3 is 0 Å². The number of hydrogen-bond acceptors (Lipinski definition) is 4. The van der Waals surface area contributed by atoms with Crippen molar-refractivity contribution >= 4 is 93.3 Å². The largest absolute Gasteiger partial charge is 0.323 e. The van der Waals surface area contributed by atoms with Crippen LogP contribution in [0, 0.1) is 0 Å². The van der Waals surface area contributed by atoms with E-state index in [4.69, 9.17) is 46.4 Å². The Morgan fingerprint density at radius 3 is 2.02 bits per heavy atom. The van der Waals surface area contributed by atoms with Crippen molar-refractivity contribution in [3.63, 3.8) is 0 Å². The summed E-state index contributed by atoms with van der Waals surface area (Å²) in [6.07, 6.45) is 1.43. The van der Waals surface area contributed by atoms with Gasteiger partial charge in [0, 0.05) is 36.8 Å². The molecule has 5 aromatic carbocycles. The first-order valence-corrected chi connectivity index (χ1v) is 16.5. The van der Waals surface area contributed by atoms with Crippen molar-refractivity contribution in [2.45, 2.75) is 10.1 Å². The molecule has 11 heteroatoms. The maximum atomic E-state index is 13.7. The van der Waals surface area contributed by atoms with Gasteiger partial charge in [0.15, 0.2) is 0 Å². The zero-order chi connectivity index (χ0) is 33.3. The molecule has 0 bridgehead atoms. The Morgan fingerprint density at radius 1 is 0.660 bits per heavy atom. The van der Waals surface area contributed by atoms with Crippen LogP contribution in [-0.4, -0.2) is 17.7 Å². The van der Waals surface area contributed by atoms with Crippen LogP contribution in [0.1, 0.15) is 26.7 Å². The highest BCUT2D eigenvalue weighted by Gasteiger charge is 2.24. The van der Waals surface area contributed by atoms with E-state index in [2.05, 4.69) is 16.0 Å². The first-order chi connectivity index (χ1) is 22.7. The smallest absolute Gasteiger partial charge is 0.272 e. The predicted molar refractivity (Wildman–Crippen MR) is 194 cm³/mol. The summed E-state index contributed by atoms with van der Waals surface area (Å²) in [5.74, 6) is -1.42. The molecule has 5 rings (SSSR count). The van der Waals surface area contributed by atoms with Crippen LogP contribution in [0.25, 0.3) is 6.08 Å². The highest BCUT2D eigenvalue weighted by Crippen LogP contribution is 2.38. The van der Waals surface area contributed by atoms with E-state index >= 15 is 0 Å². The van der Waals surface area contributed by atoms with Gasteiger partial charge in [0.05, 0.1) is 10.7 Å². The number of carbonyl (C=O) groups excluding carboxylic acids is 3. The molecule has 0 aliphatic rings. The Bertz CT molecular complexity index is 1940. The first kappa shape index (κ1) is 34.1. The van der Waals surface area contributed by atoms with Gasteiger partial charge in [-0.2, -0.15) is 0 Å². The Kier molecular flexibility index (Phi) is 11.6. The van der Waals surface area contributed by atoms with E-state index in [0.29, 0.717) is 47.5 Å². The van der Waals surface area contributed by atoms with Crippen LogP contribution in [0.3, 0.4) is 0 Å². The van der Waals surface area contributed by atoms with Crippen LogP contribution in [0.2, 0.25) is 20.1 Å². The fraction of sp³-hybridized carbons (Fsp3) is 0.0278. The maximum absolute atomic E-state index is 13.7. The van der Waals surface area contributed by atoms with Crippen LogP contribution < -0.4 is 16.0 Å². The van der Waals surface area contributed by atoms with Gasteiger partial charge < -0.3 is 16.0 Å². The van der Waals surface area contributed by atoms with Crippen molar-refractivity contribution in [1.82, 2.24) is 5.32 Å². The average molecular weight is 721 g/mol. The van der Waals surface area contributed by atoms with Crippen molar-refractivity contribution in [2.24, 2.45) is 0 Å². The number of carbonyl (C=O) groups is 3. The lowest BCUT2D eigenvalue weighted by molar-refractivity contribution is -0.116. The second kappa shape index (κ2) is 16.0. The molecule has 0 radical (unpaired) electrons. The second-order valence-corrected chi connectivity index (χ2v) is 12.9. The lowest BCUT2D eigenvalue weighted by Crippen LogP contribution is -2.30. The van der Waals surface area contributed by atoms with Crippen LogP contribution in [0.4, 0.5) is 11.4 Å². The summed E-state index contributed by atoms with van der Waals surface area (Å²) in [6.45, 7) is 0. The third-order valence-corrected chi connectivity index (χ3v) is 9.16. The van der Waals surface area contributed by atoms with Gasteiger partial charge in [-0.15, -0.1) is 11.8 Å². The van der Waals surface area contributed by atoms with Gasteiger partial charge in [-0.05, 0) is 72.3 Å². The average Bonchev–Trinajstić information content (AvgIpc) is 3.07. The lowest BCUT2D eigenvalue weighted by Gasteiger charge is -2.18. The maximum Gasteiger partial charge on any atom is 0.272 e. The molecule has 0 spiro atoms. The zero-order valence-corrected chi connectivity index (χ0v) is 28.2. The van der Waals surface area contributed by atoms with E-state index in [0.717, 1.165) is 5.56 Å². The molecule has 0 saturated heterocycles. The molecule has 1 unspecified atom stereocenters. The number of halogens is 4. The van der Waals surface area contributed by atoms with Crippen LogP contribution in [0.5, 0.6) is 0 Å². The molecule has 3 amide bonds. The monoisotopic (exact) mass is 719 g/mol. The summed E-state index contributed by atoms with van der Waals surface area (Å²) in [5, 5.41) is 9.12. The Morgan fingerprint density at radius 2 is 1.32 bits per heavy atom. The van der Waals surface area contributed by atoms with Crippen molar-refractivity contribution in [1.29, 1.82) is 0 Å². The topological polar surface area (TPSA) is 87.3 Å². The minimum absolute atomic E-state index is 0.0770. The fourth-order valence-electron chi connectivity index (χ4n) is 4.41. The first-order valence-electron chi connectivity index (χ1n) is 14.1. The molecule has 0 fully saturated rings. The highest BCUT2D eigenvalue weighted by atomic mass is 35.5. The molecule has 0 aliphatic carbocycles. The molecule has 47 heavy (non-hydrogen) atoms. The summed E-state index contributed by atoms with van der Waals surface area (Å²) >= 11 is 26.5. The number of anilines is 2. The zero-order valence-electron chi connectivity index (χ0n) is 24.3. The van der Waals surface area contributed by atoms with E-state index in [1.54, 1.807) is 84.9 Å². The van der Waals surface area contributed by atoms with E-state index in [-0.39, 0.29) is 11.6 Å². The number of benzene rings is 5. The van der Waals surface area contributed by atoms with Crippen LogP contribution in [0.15, 0.2) is 132 Å². The van der Waals surface area contributed by atoms with Gasteiger partial charge in [-0.1, -0.05) is 107 Å². The molecule has 5 aromatic rings. The number of rotatable bonds is 10. The number of amides is 3. The molecular formula is C36H25Cl4N3O3S. The van der Waals surface area contributed by atoms with E-state index in [1.807, 2.05) is 36.4 Å². The van der Waals surface area contributed by atoms with Gasteiger partial charge in [0.1, 0.15) is 10.9 Å². The SMILES string of the molecule is O=C(Nc1cccc(SC(C(=O)Nc2cc(Cl)ccc2Cl)c2ccccc2)c1)/C(=C\c1c(Cl)cccc1Cl)NC(=O)c1ccccc1. The lowest BCUT2D eigenvalue weighted by atomic mass is 10.1. The summed E-state index contributed by atoms with van der Waals surface area (Å²) in [7, 11) is 0. The van der Waals surface area contributed by atoms with Crippen molar-refractivity contribution in [3.8, 4) is 0 Å². The Balaban J connectivity index is 1.41. The quantitative estimate of drug-likeness (QED) is 0.0990. The number of thioether (sulfide) groups is 1. The van der Waals surface area contributed by atoms with Crippen LogP contribution >= 0.6 is 58.2 Å². The van der Waals surface area contributed by atoms with E-state index in [9.17, 15) is 14.4 Å². The molecule has 0 heterocycles. The molecule has 6 nitrogen and oxygen atoms in total. The molecular weight excluding hydrogens is 696 g/mol. The molecule has 0 aromatic heterocycles. The second-order valence-electron chi connectivity index (χ2n) is 10.0. The normalized spacial score (nSPS) is 11.8. The molecule has 0 saturated carbocycles. The number of nitrogens with one attached hydrogen (secondary N) is 3. The Hall–Kier alpha value is -4.24. The molecule has 1 atom stereocenters. The molecule has 236 valence electrons. The summed E-state index contributed by atoms with van der Waals surface area (Å²) in [4.78, 5) is 41.0. The van der Waals surface area contributed by atoms with Gasteiger partial charge in [-0.3, -0.25) is 14.4 Å². The highest BCUT2D eigenvalue weighted by molar-refractivity contribution is 8.00. The summed E-state index contributed by atoms with van der Waals surface area (Å²) < 4.78 is 0. The molecule has 0 aliphatic heterocycles. The third-order valence-electron chi connectivity index (χ3n) is 6.69. The summed E-state index contributed by atoms with van der Waals surface area (Å²) in [5.41, 5.74) is 2.23. The fourth-order valence-corrected chi connectivity index (χ4v) is 6.34. The molecule has 3 N–H and O–H groups in total. The van der Waals surface area contributed by atoms with E-state index < -0.39 is 17.1 Å². The summed E-state index contributed by atoms with van der Waals surface area (Å²) in [6, 6.07) is 34.6. The number of hydrogen-bond donors (Lipinski definition) is 3. The van der Waals surface area contributed by atoms with Gasteiger partial charge in [0.25, 0.3) is 11.8 Å². The van der Waals surface area contributed by atoms with E-state index in [1.165, 1.54) is 17.8 Å². The van der Waals surface area contributed by atoms with Gasteiger partial charge in [0.2, 0.25) is 5.91 Å². The predicted octanol–water partition coefficient (Wildman–Crippen LogP) is 10.2. The van der Waals surface area contributed by atoms with Gasteiger partial charge in [-0.25, -0.2) is 0 Å².